The molecule has 0 radical (unpaired) electrons. The fraction of sp³-hybridized carbons (Fsp3) is 0.316. The molecular weight excluding hydrogens is 332 g/mol. The van der Waals surface area contributed by atoms with Crippen LogP contribution in [0.25, 0.3) is 5.65 Å². The number of aryl methyl sites for hydroxylation is 3. The minimum absolute atomic E-state index is 0.0113. The predicted octanol–water partition coefficient (Wildman–Crippen LogP) is 3.62. The molecule has 3 aromatic rings. The van der Waals surface area contributed by atoms with E-state index in [2.05, 4.69) is 48.4 Å². The molecule has 5 nitrogen and oxygen atoms in total. The Labute approximate surface area is 151 Å². The van der Waals surface area contributed by atoms with Gasteiger partial charge in [0, 0.05) is 6.20 Å². The summed E-state index contributed by atoms with van der Waals surface area (Å²) in [5.74, 6) is 0.298. The Hall–Kier alpha value is -2.34. The van der Waals surface area contributed by atoms with Gasteiger partial charge in [0.1, 0.15) is 0 Å². The third-order valence-corrected chi connectivity index (χ3v) is 5.28. The van der Waals surface area contributed by atoms with Gasteiger partial charge in [-0.3, -0.25) is 9.20 Å². The average Bonchev–Trinajstić information content (AvgIpc) is 2.99. The van der Waals surface area contributed by atoms with Crippen molar-refractivity contribution in [2.45, 2.75) is 38.9 Å². The number of carbonyl (C=O) groups is 1. The first kappa shape index (κ1) is 17.5. The van der Waals surface area contributed by atoms with Crippen LogP contribution in [0.3, 0.4) is 0 Å². The summed E-state index contributed by atoms with van der Waals surface area (Å²) < 4.78 is 1.88. The molecule has 0 saturated carbocycles. The summed E-state index contributed by atoms with van der Waals surface area (Å²) in [6.45, 7) is 8.31. The zero-order chi connectivity index (χ0) is 18.0. The standard InChI is InChI=1S/C19H22N4OS/c1-12-9-14(3)16(10-13(12)2)15(4)20-18(24)11-25-19-22-21-17-7-5-6-8-23(17)19/h5-10,15H,11H2,1-4H3,(H,20,24)/t15-/m1/s1. The summed E-state index contributed by atoms with van der Waals surface area (Å²) >= 11 is 1.39. The van der Waals surface area contributed by atoms with Crippen molar-refractivity contribution in [2.75, 3.05) is 5.75 Å². The molecule has 0 aliphatic rings. The monoisotopic (exact) mass is 354 g/mol. The van der Waals surface area contributed by atoms with Crippen LogP contribution in [0.5, 0.6) is 0 Å². The van der Waals surface area contributed by atoms with E-state index in [1.165, 1.54) is 28.5 Å². The number of nitrogens with one attached hydrogen (secondary N) is 1. The van der Waals surface area contributed by atoms with Gasteiger partial charge in [0.2, 0.25) is 5.91 Å². The van der Waals surface area contributed by atoms with Crippen LogP contribution in [-0.2, 0) is 4.79 Å². The molecular formula is C19H22N4OS. The minimum Gasteiger partial charge on any atom is -0.349 e. The Morgan fingerprint density at radius 2 is 1.92 bits per heavy atom. The van der Waals surface area contributed by atoms with E-state index in [0.717, 1.165) is 16.4 Å². The Morgan fingerprint density at radius 1 is 1.16 bits per heavy atom. The molecule has 130 valence electrons. The van der Waals surface area contributed by atoms with Gasteiger partial charge >= 0.3 is 0 Å². The van der Waals surface area contributed by atoms with Gasteiger partial charge in [-0.25, -0.2) is 0 Å². The summed E-state index contributed by atoms with van der Waals surface area (Å²) in [5.41, 5.74) is 5.66. The van der Waals surface area contributed by atoms with Crippen LogP contribution in [0.2, 0.25) is 0 Å². The van der Waals surface area contributed by atoms with Crippen LogP contribution in [0, 0.1) is 20.8 Å². The van der Waals surface area contributed by atoms with Crippen molar-refractivity contribution in [3.8, 4) is 0 Å². The number of amides is 1. The van der Waals surface area contributed by atoms with Crippen LogP contribution in [0.4, 0.5) is 0 Å². The molecule has 25 heavy (non-hydrogen) atoms. The maximum Gasteiger partial charge on any atom is 0.230 e. The lowest BCUT2D eigenvalue weighted by molar-refractivity contribution is -0.119. The smallest absolute Gasteiger partial charge is 0.230 e. The normalized spacial score (nSPS) is 12.3. The first-order valence-corrected chi connectivity index (χ1v) is 9.24. The summed E-state index contributed by atoms with van der Waals surface area (Å²) in [4.78, 5) is 12.3. The molecule has 1 amide bonds. The number of pyridine rings is 1. The van der Waals surface area contributed by atoms with Gasteiger partial charge in [0.05, 0.1) is 11.8 Å². The van der Waals surface area contributed by atoms with Gasteiger partial charge in [-0.2, -0.15) is 0 Å². The Kier molecular flexibility index (Phi) is 5.08. The van der Waals surface area contributed by atoms with Gasteiger partial charge in [-0.15, -0.1) is 10.2 Å². The molecule has 3 rings (SSSR count). The number of fused-ring (bicyclic) bond motifs is 1. The second-order valence-corrected chi connectivity index (χ2v) is 7.22. The molecule has 2 aromatic heterocycles. The molecule has 0 unspecified atom stereocenters. The van der Waals surface area contributed by atoms with Crippen LogP contribution < -0.4 is 5.32 Å². The number of hydrogen-bond donors (Lipinski definition) is 1. The lowest BCUT2D eigenvalue weighted by Gasteiger charge is -2.18. The third kappa shape index (κ3) is 3.85. The summed E-state index contributed by atoms with van der Waals surface area (Å²) in [6, 6.07) is 10.0. The quantitative estimate of drug-likeness (QED) is 0.711. The highest BCUT2D eigenvalue weighted by Crippen LogP contribution is 2.22. The van der Waals surface area contributed by atoms with Crippen LogP contribution >= 0.6 is 11.8 Å². The van der Waals surface area contributed by atoms with Crippen molar-refractivity contribution in [3.63, 3.8) is 0 Å². The van der Waals surface area contributed by atoms with Crippen molar-refractivity contribution >= 4 is 23.3 Å². The fourth-order valence-corrected chi connectivity index (χ4v) is 3.59. The van der Waals surface area contributed by atoms with Crippen molar-refractivity contribution < 1.29 is 4.79 Å². The number of thioether (sulfide) groups is 1. The highest BCUT2D eigenvalue weighted by Gasteiger charge is 2.14. The van der Waals surface area contributed by atoms with Crippen molar-refractivity contribution in [3.05, 3.63) is 58.8 Å². The highest BCUT2D eigenvalue weighted by molar-refractivity contribution is 7.99. The Bertz CT molecular complexity index is 919. The number of carbonyl (C=O) groups excluding carboxylic acids is 1. The summed E-state index contributed by atoms with van der Waals surface area (Å²) in [7, 11) is 0. The topological polar surface area (TPSA) is 59.3 Å². The van der Waals surface area contributed by atoms with E-state index in [0.29, 0.717) is 5.75 Å². The largest absolute Gasteiger partial charge is 0.349 e. The highest BCUT2D eigenvalue weighted by atomic mass is 32.2. The van der Waals surface area contributed by atoms with Gasteiger partial charge in [-0.1, -0.05) is 30.0 Å². The maximum atomic E-state index is 12.3. The SMILES string of the molecule is Cc1cc(C)c([C@@H](C)NC(=O)CSc2nnc3ccccn23)cc1C. The molecule has 0 spiro atoms. The first-order valence-electron chi connectivity index (χ1n) is 8.25. The average molecular weight is 354 g/mol. The molecule has 1 atom stereocenters. The van der Waals surface area contributed by atoms with E-state index >= 15 is 0 Å². The molecule has 0 aliphatic heterocycles. The lowest BCUT2D eigenvalue weighted by Crippen LogP contribution is -2.28. The number of hydrogen-bond acceptors (Lipinski definition) is 4. The van der Waals surface area contributed by atoms with Gasteiger partial charge < -0.3 is 5.32 Å². The lowest BCUT2D eigenvalue weighted by atomic mass is 9.96. The van der Waals surface area contributed by atoms with Gasteiger partial charge in [0.15, 0.2) is 10.8 Å². The minimum atomic E-state index is -0.0254. The second-order valence-electron chi connectivity index (χ2n) is 6.28. The zero-order valence-corrected chi connectivity index (χ0v) is 15.7. The molecule has 0 fully saturated rings. The molecule has 0 saturated heterocycles. The molecule has 1 aromatic carbocycles. The fourth-order valence-electron chi connectivity index (χ4n) is 2.86. The number of nitrogens with zero attached hydrogens (tertiary/aromatic N) is 3. The number of rotatable bonds is 5. The van der Waals surface area contributed by atoms with Crippen LogP contribution in [0.15, 0.2) is 41.7 Å². The zero-order valence-electron chi connectivity index (χ0n) is 14.9. The van der Waals surface area contributed by atoms with Crippen molar-refractivity contribution in [1.82, 2.24) is 19.9 Å². The van der Waals surface area contributed by atoms with E-state index in [-0.39, 0.29) is 11.9 Å². The van der Waals surface area contributed by atoms with Crippen molar-refractivity contribution in [1.29, 1.82) is 0 Å². The van der Waals surface area contributed by atoms with Gasteiger partial charge in [-0.05, 0) is 62.1 Å². The molecule has 6 heteroatoms. The van der Waals surface area contributed by atoms with Crippen molar-refractivity contribution in [2.24, 2.45) is 0 Å². The van der Waals surface area contributed by atoms with Crippen LogP contribution in [0.1, 0.15) is 35.2 Å². The van der Waals surface area contributed by atoms with E-state index in [1.54, 1.807) is 0 Å². The second kappa shape index (κ2) is 7.27. The van der Waals surface area contributed by atoms with E-state index in [9.17, 15) is 4.79 Å². The summed E-state index contributed by atoms with van der Waals surface area (Å²) in [5, 5.41) is 12.0. The maximum absolute atomic E-state index is 12.3. The first-order chi connectivity index (χ1) is 12.0. The third-order valence-electron chi connectivity index (χ3n) is 4.34. The molecule has 1 N–H and O–H groups in total. The number of aromatic nitrogens is 3. The number of benzene rings is 1. The Morgan fingerprint density at radius 3 is 2.72 bits per heavy atom. The van der Waals surface area contributed by atoms with E-state index < -0.39 is 0 Å². The van der Waals surface area contributed by atoms with E-state index in [1.807, 2.05) is 35.7 Å². The van der Waals surface area contributed by atoms with Gasteiger partial charge in [0.25, 0.3) is 0 Å². The predicted molar refractivity (Wildman–Crippen MR) is 101 cm³/mol. The summed E-state index contributed by atoms with van der Waals surface area (Å²) in [6.07, 6.45) is 1.90. The molecule has 2 heterocycles. The van der Waals surface area contributed by atoms with Crippen LogP contribution in [-0.4, -0.2) is 26.3 Å². The van der Waals surface area contributed by atoms with E-state index in [4.69, 9.17) is 0 Å². The Balaban J connectivity index is 1.63. The molecule has 0 aliphatic carbocycles. The molecule has 0 bridgehead atoms.